The maximum atomic E-state index is 4.56. The van der Waals surface area contributed by atoms with E-state index in [1.165, 1.54) is 0 Å². The Morgan fingerprint density at radius 2 is 1.83 bits per heavy atom. The van der Waals surface area contributed by atoms with E-state index in [1.54, 1.807) is 0 Å². The molecule has 0 spiro atoms. The molecule has 0 radical (unpaired) electrons. The maximum Gasteiger partial charge on any atom is 0.172 e. The first-order valence-corrected chi connectivity index (χ1v) is 1.56. The van der Waals surface area contributed by atoms with E-state index < -0.39 is 0 Å². The highest BCUT2D eigenvalue weighted by Gasteiger charge is 1.92. The molecule has 0 amide bonds. The molecule has 4 heteroatoms. The summed E-state index contributed by atoms with van der Waals surface area (Å²) >= 11 is 0. The van der Waals surface area contributed by atoms with Crippen LogP contribution in [0.5, 0.6) is 0 Å². The summed E-state index contributed by atoms with van der Waals surface area (Å²) in [5, 5.41) is 0. The van der Waals surface area contributed by atoms with E-state index in [4.69, 9.17) is 0 Å². The highest BCUT2D eigenvalue weighted by atomic mass is 17.0. The summed E-state index contributed by atoms with van der Waals surface area (Å²) in [6.07, 6.45) is 0. The van der Waals surface area contributed by atoms with Crippen LogP contribution in [-0.2, 0) is 14.4 Å². The summed E-state index contributed by atoms with van der Waals surface area (Å²) in [6.45, 7) is 0.528. The lowest BCUT2D eigenvalue weighted by molar-refractivity contribution is -0.321. The normalized spacial score (nSPS) is 24.0. The molecule has 0 atom stereocenters. The van der Waals surface area contributed by atoms with Crippen LogP contribution in [0, 0.1) is 0 Å². The Balaban J connectivity index is 2.00. The topological polar surface area (TPSA) is 39.7 Å². The van der Waals surface area contributed by atoms with E-state index in [1.807, 2.05) is 0 Å². The number of hydrogen-bond acceptors (Lipinski definition) is 4. The molecule has 1 N–H and O–H groups in total. The van der Waals surface area contributed by atoms with Gasteiger partial charge in [-0.15, -0.1) is 0 Å². The average molecular weight is 91.1 g/mol. The third kappa shape index (κ3) is 0.908. The van der Waals surface area contributed by atoms with Crippen molar-refractivity contribution in [3.8, 4) is 0 Å². The van der Waals surface area contributed by atoms with E-state index in [0.717, 1.165) is 0 Å². The van der Waals surface area contributed by atoms with Crippen molar-refractivity contribution < 1.29 is 14.4 Å². The predicted molar refractivity (Wildman–Crippen MR) is 16.1 cm³/mol. The zero-order valence-electron chi connectivity index (χ0n) is 3.14. The second-order valence-corrected chi connectivity index (χ2v) is 0.812. The fourth-order valence-corrected chi connectivity index (χ4v) is 0.207. The summed E-state index contributed by atoms with van der Waals surface area (Å²) < 4.78 is 4.56. The van der Waals surface area contributed by atoms with Gasteiger partial charge in [0.05, 0.1) is 0 Å². The summed E-state index contributed by atoms with van der Waals surface area (Å²) in [5.74, 6) is 0. The fraction of sp³-hybridized carbons (Fsp3) is 1.00. The molecule has 0 aromatic carbocycles. The third-order valence-electron chi connectivity index (χ3n) is 0.402. The van der Waals surface area contributed by atoms with Gasteiger partial charge < -0.3 is 4.74 Å². The highest BCUT2D eigenvalue weighted by Crippen LogP contribution is 1.80. The Bertz CT molecular complexity index is 24.3. The lowest BCUT2D eigenvalue weighted by Gasteiger charge is -2.10. The predicted octanol–water partition coefficient (Wildman–Crippen LogP) is -0.616. The van der Waals surface area contributed by atoms with Crippen LogP contribution in [0.15, 0.2) is 0 Å². The maximum absolute atomic E-state index is 4.56. The molecule has 4 nitrogen and oxygen atoms in total. The van der Waals surface area contributed by atoms with Crippen LogP contribution in [0.3, 0.4) is 0 Å². The molecule has 1 aliphatic heterocycles. The first-order chi connectivity index (χ1) is 3.00. The van der Waals surface area contributed by atoms with Gasteiger partial charge in [0.15, 0.2) is 13.6 Å². The van der Waals surface area contributed by atoms with E-state index in [2.05, 4.69) is 20.1 Å². The standard InChI is InChI=1S/C2H5NO3/c1-4-2-6-3-5-1/h3H,1-2H2. The Morgan fingerprint density at radius 3 is 2.00 bits per heavy atom. The largest absolute Gasteiger partial charge is 0.325 e. The van der Waals surface area contributed by atoms with Crippen molar-refractivity contribution in [2.75, 3.05) is 13.6 Å². The quantitative estimate of drug-likeness (QED) is 0.431. The zero-order valence-corrected chi connectivity index (χ0v) is 3.14. The van der Waals surface area contributed by atoms with Crippen molar-refractivity contribution in [2.24, 2.45) is 0 Å². The molecular formula is C2H5NO3. The molecule has 0 unspecified atom stereocenters. The second-order valence-electron chi connectivity index (χ2n) is 0.812. The molecule has 0 bridgehead atoms. The van der Waals surface area contributed by atoms with Crippen LogP contribution >= 0.6 is 0 Å². The minimum Gasteiger partial charge on any atom is -0.325 e. The molecule has 1 aliphatic rings. The van der Waals surface area contributed by atoms with Gasteiger partial charge in [-0.3, -0.25) is 0 Å². The SMILES string of the molecule is C1OCONO1. The number of hydrogen-bond donors (Lipinski definition) is 1. The minimum absolute atomic E-state index is 0.264. The zero-order chi connectivity index (χ0) is 4.24. The number of ether oxygens (including phenoxy) is 1. The Hall–Kier alpha value is -0.160. The molecule has 0 aliphatic carbocycles. The molecular weight excluding hydrogens is 86.0 g/mol. The van der Waals surface area contributed by atoms with Crippen LogP contribution in [-0.4, -0.2) is 13.6 Å². The molecule has 0 aromatic rings. The van der Waals surface area contributed by atoms with E-state index in [9.17, 15) is 0 Å². The first-order valence-electron chi connectivity index (χ1n) is 1.56. The van der Waals surface area contributed by atoms with Crippen molar-refractivity contribution >= 4 is 0 Å². The molecule has 1 saturated heterocycles. The van der Waals surface area contributed by atoms with Crippen molar-refractivity contribution in [1.29, 1.82) is 0 Å². The van der Waals surface area contributed by atoms with Crippen LogP contribution in [0.2, 0.25) is 0 Å². The number of nitrogens with one attached hydrogen (secondary N) is 1. The van der Waals surface area contributed by atoms with Gasteiger partial charge in [0.25, 0.3) is 0 Å². The smallest absolute Gasteiger partial charge is 0.172 e. The van der Waals surface area contributed by atoms with E-state index in [0.29, 0.717) is 0 Å². The van der Waals surface area contributed by atoms with Gasteiger partial charge in [0, 0.05) is 0 Å². The second kappa shape index (κ2) is 2.09. The first kappa shape index (κ1) is 4.01. The Kier molecular flexibility index (Phi) is 1.40. The third-order valence-corrected chi connectivity index (χ3v) is 0.402. The summed E-state index contributed by atoms with van der Waals surface area (Å²) in [7, 11) is 0. The summed E-state index contributed by atoms with van der Waals surface area (Å²) in [6, 6.07) is 0. The fourth-order valence-electron chi connectivity index (χ4n) is 0.207. The van der Waals surface area contributed by atoms with E-state index >= 15 is 0 Å². The molecule has 1 heterocycles. The van der Waals surface area contributed by atoms with E-state index in [-0.39, 0.29) is 13.6 Å². The Labute approximate surface area is 34.9 Å². The van der Waals surface area contributed by atoms with Crippen LogP contribution < -0.4 is 5.64 Å². The monoisotopic (exact) mass is 91.0 g/mol. The van der Waals surface area contributed by atoms with Crippen molar-refractivity contribution in [1.82, 2.24) is 5.64 Å². The minimum atomic E-state index is 0.264. The number of rotatable bonds is 0. The molecule has 1 fully saturated rings. The molecule has 6 heavy (non-hydrogen) atoms. The van der Waals surface area contributed by atoms with Crippen molar-refractivity contribution in [3.05, 3.63) is 0 Å². The molecule has 36 valence electrons. The van der Waals surface area contributed by atoms with Crippen molar-refractivity contribution in [2.45, 2.75) is 0 Å². The van der Waals surface area contributed by atoms with Gasteiger partial charge in [0.2, 0.25) is 0 Å². The molecule has 1 rings (SSSR count). The summed E-state index contributed by atoms with van der Waals surface area (Å²) in [5.41, 5.74) is 2.16. The van der Waals surface area contributed by atoms with Gasteiger partial charge >= 0.3 is 0 Å². The lowest BCUT2D eigenvalue weighted by Crippen LogP contribution is -2.25. The van der Waals surface area contributed by atoms with Gasteiger partial charge in [-0.2, -0.15) is 0 Å². The molecule has 0 saturated carbocycles. The lowest BCUT2D eigenvalue weighted by atomic mass is 11.3. The van der Waals surface area contributed by atoms with Gasteiger partial charge in [-0.05, 0) is 0 Å². The van der Waals surface area contributed by atoms with Gasteiger partial charge in [0.1, 0.15) is 0 Å². The highest BCUT2D eigenvalue weighted by molar-refractivity contribution is 4.00. The molecule has 0 aromatic heterocycles. The Morgan fingerprint density at radius 1 is 1.17 bits per heavy atom. The van der Waals surface area contributed by atoms with Crippen molar-refractivity contribution in [3.63, 3.8) is 0 Å². The van der Waals surface area contributed by atoms with Gasteiger partial charge in [-0.25, -0.2) is 9.68 Å². The average Bonchev–Trinajstić information content (AvgIpc) is 1.72. The van der Waals surface area contributed by atoms with Gasteiger partial charge in [-0.1, -0.05) is 5.64 Å². The van der Waals surface area contributed by atoms with Crippen LogP contribution in [0.4, 0.5) is 0 Å². The van der Waals surface area contributed by atoms with Crippen LogP contribution in [0.25, 0.3) is 0 Å². The summed E-state index contributed by atoms with van der Waals surface area (Å²) in [4.78, 5) is 8.75. The van der Waals surface area contributed by atoms with Crippen LogP contribution in [0.1, 0.15) is 0 Å².